The van der Waals surface area contributed by atoms with Gasteiger partial charge in [0, 0.05) is 11.8 Å². The van der Waals surface area contributed by atoms with Crippen LogP contribution < -0.4 is 0 Å². The molecule has 0 aromatic carbocycles. The molecule has 0 saturated carbocycles. The number of aliphatic hydroxyl groups is 1. The molecular weight excluding hydrogens is 256 g/mol. The van der Waals surface area contributed by atoms with Crippen LogP contribution in [0.5, 0.6) is 0 Å². The first kappa shape index (κ1) is 13.1. The van der Waals surface area contributed by atoms with Crippen molar-refractivity contribution >= 4 is 11.5 Å². The molecule has 1 aliphatic rings. The molecule has 0 radical (unpaired) electrons. The van der Waals surface area contributed by atoms with Gasteiger partial charge in [-0.05, 0) is 38.3 Å². The highest BCUT2D eigenvalue weighted by atomic mass is 16.5. The highest BCUT2D eigenvalue weighted by Gasteiger charge is 2.47. The number of aromatic nitrogens is 2. The monoisotopic (exact) mass is 274 g/mol. The van der Waals surface area contributed by atoms with Gasteiger partial charge >= 0.3 is 5.97 Å². The first-order chi connectivity index (χ1) is 9.47. The van der Waals surface area contributed by atoms with Crippen molar-refractivity contribution in [2.24, 2.45) is 5.41 Å². The Labute approximate surface area is 117 Å². The number of methoxy groups -OCH3 is 1. The predicted molar refractivity (Wildman–Crippen MR) is 73.3 cm³/mol. The van der Waals surface area contributed by atoms with E-state index in [1.54, 1.807) is 11.4 Å². The molecule has 3 rings (SSSR count). The lowest BCUT2D eigenvalue weighted by Crippen LogP contribution is -2.39. The van der Waals surface area contributed by atoms with Gasteiger partial charge in [0.25, 0.3) is 0 Å². The Morgan fingerprint density at radius 2 is 2.30 bits per heavy atom. The molecule has 0 spiro atoms. The third kappa shape index (κ3) is 1.66. The molecule has 0 aliphatic heterocycles. The van der Waals surface area contributed by atoms with E-state index < -0.39 is 11.5 Å². The molecule has 1 aliphatic carbocycles. The summed E-state index contributed by atoms with van der Waals surface area (Å²) in [5, 5.41) is 15.2. The second-order valence-corrected chi connectivity index (χ2v) is 5.71. The largest absolute Gasteiger partial charge is 0.469 e. The van der Waals surface area contributed by atoms with E-state index >= 15 is 0 Å². The summed E-state index contributed by atoms with van der Waals surface area (Å²) >= 11 is 0. The van der Waals surface area contributed by atoms with Crippen molar-refractivity contribution in [3.05, 3.63) is 35.2 Å². The van der Waals surface area contributed by atoms with Gasteiger partial charge in [0.1, 0.15) is 0 Å². The number of nitrogens with zero attached hydrogens (tertiary/aromatic N) is 2. The van der Waals surface area contributed by atoms with Crippen molar-refractivity contribution in [1.29, 1.82) is 0 Å². The number of aliphatic hydroxyl groups excluding tert-OH is 1. The fourth-order valence-corrected chi connectivity index (χ4v) is 2.98. The molecule has 2 heterocycles. The van der Waals surface area contributed by atoms with Crippen LogP contribution in [0, 0.1) is 12.3 Å². The molecular formula is C15H18N2O3. The molecule has 2 aromatic rings. The lowest BCUT2D eigenvalue weighted by atomic mass is 9.72. The molecule has 0 fully saturated rings. The van der Waals surface area contributed by atoms with Gasteiger partial charge in [-0.3, -0.25) is 4.79 Å². The van der Waals surface area contributed by atoms with Gasteiger partial charge in [-0.1, -0.05) is 6.07 Å². The lowest BCUT2D eigenvalue weighted by Gasteiger charge is -2.35. The van der Waals surface area contributed by atoms with Gasteiger partial charge < -0.3 is 9.84 Å². The average molecular weight is 274 g/mol. The number of hydrogen-bond donors (Lipinski definition) is 1. The Balaban J connectivity index is 2.17. The van der Waals surface area contributed by atoms with Crippen LogP contribution in [-0.4, -0.2) is 27.8 Å². The van der Waals surface area contributed by atoms with E-state index in [0.29, 0.717) is 12.8 Å². The summed E-state index contributed by atoms with van der Waals surface area (Å²) < 4.78 is 6.64. The van der Waals surface area contributed by atoms with E-state index in [-0.39, 0.29) is 5.97 Å². The molecule has 20 heavy (non-hydrogen) atoms. The number of carbonyl (C=O) groups excluding carboxylic acids is 1. The Morgan fingerprint density at radius 3 is 3.00 bits per heavy atom. The van der Waals surface area contributed by atoms with Gasteiger partial charge in [0.15, 0.2) is 0 Å². The van der Waals surface area contributed by atoms with E-state index in [2.05, 4.69) is 5.10 Å². The Hall–Kier alpha value is -1.88. The quantitative estimate of drug-likeness (QED) is 0.805. The Bertz CT molecular complexity index is 692. The maximum Gasteiger partial charge on any atom is 0.314 e. The number of aryl methyl sites for hydroxylation is 2. The van der Waals surface area contributed by atoms with Crippen LogP contribution >= 0.6 is 0 Å². The zero-order chi connectivity index (χ0) is 14.5. The average Bonchev–Trinajstić information content (AvgIpc) is 2.80. The van der Waals surface area contributed by atoms with Gasteiger partial charge in [0.05, 0.1) is 29.8 Å². The summed E-state index contributed by atoms with van der Waals surface area (Å²) in [6.45, 7) is 3.75. The number of esters is 1. The molecule has 0 bridgehead atoms. The molecule has 5 nitrogen and oxygen atoms in total. The summed E-state index contributed by atoms with van der Waals surface area (Å²) in [4.78, 5) is 12.0. The van der Waals surface area contributed by atoms with Crippen LogP contribution in [0.25, 0.3) is 5.52 Å². The minimum absolute atomic E-state index is 0.373. The van der Waals surface area contributed by atoms with Gasteiger partial charge in [0.2, 0.25) is 0 Å². The first-order valence-corrected chi connectivity index (χ1v) is 6.71. The van der Waals surface area contributed by atoms with Gasteiger partial charge in [-0.25, -0.2) is 4.52 Å². The van der Waals surface area contributed by atoms with Crippen LogP contribution in [0.3, 0.4) is 0 Å². The number of pyridine rings is 1. The fourth-order valence-electron chi connectivity index (χ4n) is 2.98. The summed E-state index contributed by atoms with van der Waals surface area (Å²) in [6, 6.07) is 3.92. The van der Waals surface area contributed by atoms with Crippen molar-refractivity contribution in [3.8, 4) is 0 Å². The number of fused-ring (bicyclic) bond motifs is 3. The van der Waals surface area contributed by atoms with Crippen molar-refractivity contribution in [1.82, 2.24) is 9.61 Å². The second kappa shape index (κ2) is 4.31. The molecule has 0 saturated heterocycles. The van der Waals surface area contributed by atoms with Crippen LogP contribution in [0.15, 0.2) is 18.3 Å². The lowest BCUT2D eigenvalue weighted by molar-refractivity contribution is -0.160. The summed E-state index contributed by atoms with van der Waals surface area (Å²) in [6.07, 6.45) is 2.24. The Kier molecular flexibility index (Phi) is 2.83. The van der Waals surface area contributed by atoms with Crippen molar-refractivity contribution in [2.45, 2.75) is 32.8 Å². The maximum atomic E-state index is 12.0. The highest BCUT2D eigenvalue weighted by molar-refractivity contribution is 5.79. The smallest absolute Gasteiger partial charge is 0.314 e. The zero-order valence-electron chi connectivity index (χ0n) is 11.9. The fraction of sp³-hybridized carbons (Fsp3) is 0.467. The van der Waals surface area contributed by atoms with Crippen LogP contribution in [-0.2, 0) is 16.0 Å². The van der Waals surface area contributed by atoms with Crippen molar-refractivity contribution in [3.63, 3.8) is 0 Å². The van der Waals surface area contributed by atoms with Crippen LogP contribution in [0.1, 0.15) is 36.3 Å². The molecule has 2 unspecified atom stereocenters. The third-order valence-electron chi connectivity index (χ3n) is 4.30. The summed E-state index contributed by atoms with van der Waals surface area (Å²) in [7, 11) is 1.36. The predicted octanol–water partition coefficient (Wildman–Crippen LogP) is 1.80. The molecule has 1 N–H and O–H groups in total. The van der Waals surface area contributed by atoms with Gasteiger partial charge in [-0.15, -0.1) is 0 Å². The SMILES string of the molecule is COC(=O)C1(C)CCc2nn3cc(C)ccc3c2C1O. The van der Waals surface area contributed by atoms with E-state index in [9.17, 15) is 9.90 Å². The molecule has 2 atom stereocenters. The second-order valence-electron chi connectivity index (χ2n) is 5.71. The van der Waals surface area contributed by atoms with Gasteiger partial charge in [-0.2, -0.15) is 5.10 Å². The number of hydrogen-bond acceptors (Lipinski definition) is 4. The summed E-state index contributed by atoms with van der Waals surface area (Å²) in [5.41, 5.74) is 2.67. The molecule has 2 aromatic heterocycles. The number of ether oxygens (including phenoxy) is 1. The number of carbonyl (C=O) groups is 1. The zero-order valence-corrected chi connectivity index (χ0v) is 11.9. The van der Waals surface area contributed by atoms with Crippen molar-refractivity contribution < 1.29 is 14.6 Å². The third-order valence-corrected chi connectivity index (χ3v) is 4.30. The standard InChI is InChI=1S/C15H18N2O3/c1-9-4-5-11-12-10(16-17(11)8-9)6-7-15(2,13(12)18)14(19)20-3/h4-5,8,13,18H,6-7H2,1-3H3. The van der Waals surface area contributed by atoms with Crippen LogP contribution in [0.2, 0.25) is 0 Å². The summed E-state index contributed by atoms with van der Waals surface area (Å²) in [5.74, 6) is -0.373. The molecule has 0 amide bonds. The molecule has 5 heteroatoms. The van der Waals surface area contributed by atoms with E-state index in [1.165, 1.54) is 7.11 Å². The molecule has 106 valence electrons. The van der Waals surface area contributed by atoms with E-state index in [1.807, 2.05) is 25.3 Å². The normalized spacial score (nSPS) is 25.5. The van der Waals surface area contributed by atoms with E-state index in [4.69, 9.17) is 4.74 Å². The van der Waals surface area contributed by atoms with Crippen LogP contribution in [0.4, 0.5) is 0 Å². The van der Waals surface area contributed by atoms with E-state index in [0.717, 1.165) is 22.3 Å². The van der Waals surface area contributed by atoms with Crippen molar-refractivity contribution in [2.75, 3.05) is 7.11 Å². The maximum absolute atomic E-state index is 12.0. The topological polar surface area (TPSA) is 63.8 Å². The Morgan fingerprint density at radius 1 is 1.55 bits per heavy atom. The minimum atomic E-state index is -0.907. The number of rotatable bonds is 1. The minimum Gasteiger partial charge on any atom is -0.469 e. The first-order valence-electron chi connectivity index (χ1n) is 6.71. The highest BCUT2D eigenvalue weighted by Crippen LogP contribution is 2.45.